The molecule has 19 heavy (non-hydrogen) atoms. The van der Waals surface area contributed by atoms with Gasteiger partial charge in [-0.1, -0.05) is 13.3 Å². The van der Waals surface area contributed by atoms with Crippen LogP contribution in [0.15, 0.2) is 0 Å². The van der Waals surface area contributed by atoms with Gasteiger partial charge in [0.15, 0.2) is 0 Å². The molecule has 0 bridgehead atoms. The number of halogens is 2. The molecule has 3 aliphatic rings. The van der Waals surface area contributed by atoms with E-state index in [4.69, 9.17) is 4.74 Å². The van der Waals surface area contributed by atoms with Gasteiger partial charge in [-0.2, -0.15) is 0 Å². The molecule has 5 heteroatoms. The average molecular weight is 273 g/mol. The van der Waals surface area contributed by atoms with E-state index in [1.165, 1.54) is 13.3 Å². The molecule has 3 atom stereocenters. The molecular weight excluding hydrogens is 252 g/mol. The molecule has 3 rings (SSSR count). The maximum absolute atomic E-state index is 12.8. The van der Waals surface area contributed by atoms with Gasteiger partial charge in [0.05, 0.1) is 6.61 Å². The molecule has 0 aromatic heterocycles. The van der Waals surface area contributed by atoms with Gasteiger partial charge >= 0.3 is 0 Å². The molecule has 0 radical (unpaired) electrons. The SMILES string of the molecule is C[C@]1(C(F)F)C[C@H]1C(=O)NC1CCOCC12CCC2. The molecule has 0 aromatic carbocycles. The average Bonchev–Trinajstić information content (AvgIpc) is 3.02. The third-order valence-electron chi connectivity index (χ3n) is 5.44. The van der Waals surface area contributed by atoms with Crippen molar-refractivity contribution in [3.05, 3.63) is 0 Å². The summed E-state index contributed by atoms with van der Waals surface area (Å²) in [6.07, 6.45) is 2.05. The molecule has 1 heterocycles. The first kappa shape index (κ1) is 13.3. The van der Waals surface area contributed by atoms with E-state index in [0.717, 1.165) is 19.3 Å². The Hall–Kier alpha value is -0.710. The lowest BCUT2D eigenvalue weighted by atomic mass is 9.63. The van der Waals surface area contributed by atoms with Gasteiger partial charge in [-0.25, -0.2) is 8.78 Å². The van der Waals surface area contributed by atoms with Gasteiger partial charge < -0.3 is 10.1 Å². The van der Waals surface area contributed by atoms with Gasteiger partial charge in [0.25, 0.3) is 0 Å². The van der Waals surface area contributed by atoms with Gasteiger partial charge in [-0.3, -0.25) is 4.79 Å². The minimum atomic E-state index is -2.41. The highest BCUT2D eigenvalue weighted by molar-refractivity contribution is 5.83. The fourth-order valence-electron chi connectivity index (χ4n) is 3.52. The number of hydrogen-bond acceptors (Lipinski definition) is 2. The van der Waals surface area contributed by atoms with E-state index in [1.54, 1.807) is 0 Å². The van der Waals surface area contributed by atoms with Gasteiger partial charge in [0.1, 0.15) is 0 Å². The van der Waals surface area contributed by atoms with Gasteiger partial charge in [-0.15, -0.1) is 0 Å². The summed E-state index contributed by atoms with van der Waals surface area (Å²) in [5.74, 6) is -0.687. The minimum absolute atomic E-state index is 0.0873. The first-order valence-corrected chi connectivity index (χ1v) is 7.14. The van der Waals surface area contributed by atoms with Crippen molar-refractivity contribution >= 4 is 5.91 Å². The van der Waals surface area contributed by atoms with Crippen molar-refractivity contribution in [1.82, 2.24) is 5.32 Å². The standard InChI is InChI=1S/C14H21F2NO2/c1-13(12(15)16)7-9(13)11(18)17-10-3-6-19-8-14(10)4-2-5-14/h9-10,12H,2-8H2,1H3,(H,17,18)/t9-,10?,13-/m0/s1. The van der Waals surface area contributed by atoms with Crippen LogP contribution in [0.1, 0.15) is 39.0 Å². The summed E-state index contributed by atoms with van der Waals surface area (Å²) in [6, 6.07) is 0.116. The van der Waals surface area contributed by atoms with Gasteiger partial charge in [0, 0.05) is 29.4 Å². The largest absolute Gasteiger partial charge is 0.381 e. The summed E-state index contributed by atoms with van der Waals surface area (Å²) in [7, 11) is 0. The first-order chi connectivity index (χ1) is 8.98. The van der Waals surface area contributed by atoms with Crippen LogP contribution < -0.4 is 5.32 Å². The summed E-state index contributed by atoms with van der Waals surface area (Å²) < 4.78 is 31.2. The molecule has 3 nitrogen and oxygen atoms in total. The second-order valence-corrected chi connectivity index (χ2v) is 6.68. The van der Waals surface area contributed by atoms with Crippen LogP contribution in [0.2, 0.25) is 0 Å². The minimum Gasteiger partial charge on any atom is -0.381 e. The van der Waals surface area contributed by atoms with Crippen LogP contribution in [-0.4, -0.2) is 31.6 Å². The first-order valence-electron chi connectivity index (χ1n) is 7.14. The summed E-state index contributed by atoms with van der Waals surface area (Å²) in [5, 5.41) is 3.03. The predicted octanol–water partition coefficient (Wildman–Crippen LogP) is 2.35. The topological polar surface area (TPSA) is 38.3 Å². The Morgan fingerprint density at radius 3 is 2.68 bits per heavy atom. The van der Waals surface area contributed by atoms with Crippen LogP contribution in [0, 0.1) is 16.7 Å². The second-order valence-electron chi connectivity index (χ2n) is 6.68. The summed E-state index contributed by atoms with van der Waals surface area (Å²) >= 11 is 0. The Kier molecular flexibility index (Phi) is 3.08. The van der Waals surface area contributed by atoms with Crippen LogP contribution in [0.25, 0.3) is 0 Å². The molecule has 1 aliphatic heterocycles. The number of rotatable bonds is 3. The Morgan fingerprint density at radius 1 is 1.42 bits per heavy atom. The monoisotopic (exact) mass is 273 g/mol. The highest BCUT2D eigenvalue weighted by Gasteiger charge is 2.61. The van der Waals surface area contributed by atoms with Crippen molar-refractivity contribution in [3.8, 4) is 0 Å². The van der Waals surface area contributed by atoms with Crippen molar-refractivity contribution < 1.29 is 18.3 Å². The number of ether oxygens (including phenoxy) is 1. The van der Waals surface area contributed by atoms with E-state index in [2.05, 4.69) is 5.32 Å². The number of carbonyl (C=O) groups excluding carboxylic acids is 1. The second kappa shape index (κ2) is 4.40. The van der Waals surface area contributed by atoms with Crippen molar-refractivity contribution in [2.75, 3.05) is 13.2 Å². The van der Waals surface area contributed by atoms with E-state index in [0.29, 0.717) is 19.6 Å². The lowest BCUT2D eigenvalue weighted by molar-refractivity contribution is -0.131. The zero-order valence-corrected chi connectivity index (χ0v) is 11.3. The summed E-state index contributed by atoms with van der Waals surface area (Å²) in [5.41, 5.74) is -1.01. The molecule has 3 fully saturated rings. The lowest BCUT2D eigenvalue weighted by Gasteiger charge is -2.50. The lowest BCUT2D eigenvalue weighted by Crippen LogP contribution is -2.57. The number of hydrogen-bond donors (Lipinski definition) is 1. The highest BCUT2D eigenvalue weighted by atomic mass is 19.3. The van der Waals surface area contributed by atoms with Crippen LogP contribution in [0.5, 0.6) is 0 Å². The van der Waals surface area contributed by atoms with Crippen LogP contribution in [0.4, 0.5) is 8.78 Å². The number of amides is 1. The smallest absolute Gasteiger partial charge is 0.244 e. The molecule has 1 N–H and O–H groups in total. The molecule has 108 valence electrons. The Balaban J connectivity index is 1.61. The molecule has 1 saturated heterocycles. The van der Waals surface area contributed by atoms with Crippen molar-refractivity contribution in [3.63, 3.8) is 0 Å². The molecule has 1 spiro atoms. The van der Waals surface area contributed by atoms with E-state index in [9.17, 15) is 13.6 Å². The quantitative estimate of drug-likeness (QED) is 0.857. The van der Waals surface area contributed by atoms with Crippen molar-refractivity contribution in [2.24, 2.45) is 16.7 Å². The fraction of sp³-hybridized carbons (Fsp3) is 0.929. The molecule has 1 amide bonds. The molecule has 0 aromatic rings. The third kappa shape index (κ3) is 2.06. The van der Waals surface area contributed by atoms with Crippen LogP contribution >= 0.6 is 0 Å². The maximum atomic E-state index is 12.8. The van der Waals surface area contributed by atoms with Gasteiger partial charge in [0.2, 0.25) is 12.3 Å². The van der Waals surface area contributed by atoms with Crippen LogP contribution in [0.3, 0.4) is 0 Å². The van der Waals surface area contributed by atoms with Gasteiger partial charge in [-0.05, 0) is 25.7 Å². The van der Waals surface area contributed by atoms with Crippen molar-refractivity contribution in [1.29, 1.82) is 0 Å². The zero-order valence-electron chi connectivity index (χ0n) is 11.3. The van der Waals surface area contributed by atoms with Crippen molar-refractivity contribution in [2.45, 2.75) is 51.5 Å². The number of carbonyl (C=O) groups is 1. The Morgan fingerprint density at radius 2 is 2.16 bits per heavy atom. The summed E-state index contributed by atoms with van der Waals surface area (Å²) in [6.45, 7) is 2.86. The predicted molar refractivity (Wildman–Crippen MR) is 65.9 cm³/mol. The zero-order chi connectivity index (χ0) is 13.7. The molecular formula is C14H21F2NO2. The number of alkyl halides is 2. The third-order valence-corrected chi connectivity index (χ3v) is 5.44. The highest BCUT2D eigenvalue weighted by Crippen LogP contribution is 2.57. The Bertz CT molecular complexity index is 384. The van der Waals surface area contributed by atoms with E-state index in [-0.39, 0.29) is 17.4 Å². The van der Waals surface area contributed by atoms with E-state index < -0.39 is 17.8 Å². The normalized spacial score (nSPS) is 40.0. The van der Waals surface area contributed by atoms with E-state index in [1.807, 2.05) is 0 Å². The molecule has 1 unspecified atom stereocenters. The number of nitrogens with one attached hydrogen (secondary N) is 1. The molecule has 2 aliphatic carbocycles. The fourth-order valence-corrected chi connectivity index (χ4v) is 3.52. The van der Waals surface area contributed by atoms with E-state index >= 15 is 0 Å². The maximum Gasteiger partial charge on any atom is 0.244 e. The Labute approximate surface area is 112 Å². The summed E-state index contributed by atoms with van der Waals surface area (Å²) in [4.78, 5) is 12.1. The molecule has 2 saturated carbocycles. The van der Waals surface area contributed by atoms with Crippen LogP contribution in [-0.2, 0) is 9.53 Å².